The number of hydrogen-bond acceptors (Lipinski definition) is 2. The topological polar surface area (TPSA) is 20.3 Å². The maximum Gasteiger partial charge on any atom is 0.150 e. The molecular weight excluding hydrogens is 236 g/mol. The van der Waals surface area contributed by atoms with Gasteiger partial charge in [0.1, 0.15) is 23.6 Å². The van der Waals surface area contributed by atoms with Crippen molar-refractivity contribution in [1.82, 2.24) is 0 Å². The van der Waals surface area contributed by atoms with Gasteiger partial charge in [0.15, 0.2) is 0 Å². The summed E-state index contributed by atoms with van der Waals surface area (Å²) in [6, 6.07) is 2.41. The Morgan fingerprint density at radius 3 is 2.28 bits per heavy atom. The van der Waals surface area contributed by atoms with E-state index in [0.29, 0.717) is 12.8 Å². The minimum absolute atomic E-state index is 0.00926. The monoisotopic (exact) mass is 253 g/mol. The van der Waals surface area contributed by atoms with E-state index in [9.17, 15) is 13.6 Å². The third-order valence-corrected chi connectivity index (χ3v) is 3.57. The predicted octanol–water partition coefficient (Wildman–Crippen LogP) is 3.55. The second-order valence-electron chi connectivity index (χ2n) is 4.68. The molecule has 0 amide bonds. The lowest BCUT2D eigenvalue weighted by Crippen LogP contribution is -2.34. The van der Waals surface area contributed by atoms with Crippen molar-refractivity contribution >= 4 is 12.0 Å². The number of anilines is 1. The lowest BCUT2D eigenvalue weighted by Gasteiger charge is -2.30. The molecule has 98 valence electrons. The first-order valence-electron chi connectivity index (χ1n) is 6.38. The summed E-state index contributed by atoms with van der Waals surface area (Å²) in [7, 11) is 0. The van der Waals surface area contributed by atoms with Crippen LogP contribution in [0.1, 0.15) is 43.0 Å². The summed E-state index contributed by atoms with van der Waals surface area (Å²) in [5, 5.41) is 0. The van der Waals surface area contributed by atoms with E-state index in [0.717, 1.165) is 37.8 Å². The van der Waals surface area contributed by atoms with Crippen LogP contribution in [0.5, 0.6) is 0 Å². The molecule has 0 unspecified atom stereocenters. The van der Waals surface area contributed by atoms with Gasteiger partial charge in [-0.1, -0.05) is 12.8 Å². The summed E-state index contributed by atoms with van der Waals surface area (Å²) in [4.78, 5) is 12.4. The van der Waals surface area contributed by atoms with Crippen molar-refractivity contribution in [1.29, 1.82) is 0 Å². The second-order valence-corrected chi connectivity index (χ2v) is 4.68. The Morgan fingerprint density at radius 2 is 1.83 bits per heavy atom. The minimum atomic E-state index is -0.647. The standard InChI is InChI=1S/C14H17F2NO/c1-2-17(11-5-3-4-6-11)14-12(15)7-10(9-18)8-13(14)16/h7-9,11H,2-6H2,1H3. The summed E-state index contributed by atoms with van der Waals surface area (Å²) in [6.07, 6.45) is 4.62. The number of hydrogen-bond donors (Lipinski definition) is 0. The SMILES string of the molecule is CCN(c1c(F)cc(C=O)cc1F)C1CCCC1. The van der Waals surface area contributed by atoms with Crippen LogP contribution in [0.2, 0.25) is 0 Å². The molecule has 1 saturated carbocycles. The smallest absolute Gasteiger partial charge is 0.150 e. The predicted molar refractivity (Wildman–Crippen MR) is 67.0 cm³/mol. The van der Waals surface area contributed by atoms with Crippen LogP contribution in [0.3, 0.4) is 0 Å². The van der Waals surface area contributed by atoms with E-state index >= 15 is 0 Å². The number of nitrogens with zero attached hydrogens (tertiary/aromatic N) is 1. The molecule has 4 heteroatoms. The van der Waals surface area contributed by atoms with Crippen LogP contribution in [0.25, 0.3) is 0 Å². The summed E-state index contributed by atoms with van der Waals surface area (Å²) >= 11 is 0. The molecule has 0 saturated heterocycles. The molecule has 1 fully saturated rings. The van der Waals surface area contributed by atoms with Crippen LogP contribution >= 0.6 is 0 Å². The zero-order valence-corrected chi connectivity index (χ0v) is 10.5. The molecule has 1 aliphatic carbocycles. The molecular formula is C14H17F2NO. The Morgan fingerprint density at radius 1 is 1.28 bits per heavy atom. The molecule has 0 atom stereocenters. The van der Waals surface area contributed by atoms with Crippen LogP contribution in [0, 0.1) is 11.6 Å². The summed E-state index contributed by atoms with van der Waals surface area (Å²) in [5.41, 5.74) is 0.0474. The Kier molecular flexibility index (Phi) is 3.94. The van der Waals surface area contributed by atoms with Gasteiger partial charge < -0.3 is 4.90 Å². The molecule has 0 radical (unpaired) electrons. The average molecular weight is 253 g/mol. The van der Waals surface area contributed by atoms with E-state index in [1.165, 1.54) is 0 Å². The fourth-order valence-corrected chi connectivity index (χ4v) is 2.74. The highest BCUT2D eigenvalue weighted by Gasteiger charge is 2.26. The molecule has 1 aliphatic rings. The first-order chi connectivity index (χ1) is 8.67. The van der Waals surface area contributed by atoms with Gasteiger partial charge in [-0.2, -0.15) is 0 Å². The van der Waals surface area contributed by atoms with E-state index in [4.69, 9.17) is 0 Å². The highest BCUT2D eigenvalue weighted by molar-refractivity contribution is 5.76. The normalized spacial score (nSPS) is 15.9. The second kappa shape index (κ2) is 5.46. The van der Waals surface area contributed by atoms with Gasteiger partial charge in [0.05, 0.1) is 0 Å². The number of aldehydes is 1. The van der Waals surface area contributed by atoms with Crippen molar-refractivity contribution in [2.45, 2.75) is 38.6 Å². The van der Waals surface area contributed by atoms with Crippen molar-refractivity contribution in [2.75, 3.05) is 11.4 Å². The highest BCUT2D eigenvalue weighted by atomic mass is 19.1. The van der Waals surface area contributed by atoms with Gasteiger partial charge in [0, 0.05) is 18.2 Å². The molecule has 0 heterocycles. The van der Waals surface area contributed by atoms with E-state index in [-0.39, 0.29) is 17.3 Å². The number of carbonyl (C=O) groups is 1. The van der Waals surface area contributed by atoms with Gasteiger partial charge in [-0.25, -0.2) is 8.78 Å². The minimum Gasteiger partial charge on any atom is -0.364 e. The lowest BCUT2D eigenvalue weighted by atomic mass is 10.1. The Labute approximate surface area is 106 Å². The third kappa shape index (κ3) is 2.37. The largest absolute Gasteiger partial charge is 0.364 e. The Balaban J connectivity index is 2.38. The first kappa shape index (κ1) is 13.0. The zero-order chi connectivity index (χ0) is 13.1. The van der Waals surface area contributed by atoms with E-state index in [2.05, 4.69) is 0 Å². The van der Waals surface area contributed by atoms with Crippen molar-refractivity contribution in [3.8, 4) is 0 Å². The molecule has 0 N–H and O–H groups in total. The van der Waals surface area contributed by atoms with Crippen molar-refractivity contribution in [3.63, 3.8) is 0 Å². The first-order valence-corrected chi connectivity index (χ1v) is 6.38. The van der Waals surface area contributed by atoms with Crippen LogP contribution in [0.15, 0.2) is 12.1 Å². The summed E-state index contributed by atoms with van der Waals surface area (Å²) in [5.74, 6) is -1.29. The molecule has 0 bridgehead atoms. The van der Waals surface area contributed by atoms with Crippen LogP contribution in [-0.4, -0.2) is 18.9 Å². The van der Waals surface area contributed by atoms with Gasteiger partial charge in [0.2, 0.25) is 0 Å². The quantitative estimate of drug-likeness (QED) is 0.765. The van der Waals surface area contributed by atoms with Crippen molar-refractivity contribution < 1.29 is 13.6 Å². The molecule has 0 aliphatic heterocycles. The third-order valence-electron chi connectivity index (χ3n) is 3.57. The van der Waals surface area contributed by atoms with Gasteiger partial charge in [-0.05, 0) is 31.9 Å². The molecule has 2 nitrogen and oxygen atoms in total. The van der Waals surface area contributed by atoms with Gasteiger partial charge in [-0.15, -0.1) is 0 Å². The Bertz CT molecular complexity index is 418. The maximum absolute atomic E-state index is 13.9. The maximum atomic E-state index is 13.9. The van der Waals surface area contributed by atoms with Crippen LogP contribution < -0.4 is 4.90 Å². The summed E-state index contributed by atoms with van der Waals surface area (Å²) in [6.45, 7) is 2.46. The van der Waals surface area contributed by atoms with E-state index in [1.807, 2.05) is 6.92 Å². The Hall–Kier alpha value is -1.45. The zero-order valence-electron chi connectivity index (χ0n) is 10.5. The number of carbonyl (C=O) groups excluding carboxylic acids is 1. The molecule has 1 aromatic rings. The molecule has 0 aromatic heterocycles. The highest BCUT2D eigenvalue weighted by Crippen LogP contribution is 2.32. The van der Waals surface area contributed by atoms with Gasteiger partial charge >= 0.3 is 0 Å². The average Bonchev–Trinajstić information content (AvgIpc) is 2.86. The number of rotatable bonds is 4. The number of halogens is 2. The van der Waals surface area contributed by atoms with Crippen LogP contribution in [-0.2, 0) is 0 Å². The van der Waals surface area contributed by atoms with Crippen LogP contribution in [0.4, 0.5) is 14.5 Å². The molecule has 1 aromatic carbocycles. The fourth-order valence-electron chi connectivity index (χ4n) is 2.74. The van der Waals surface area contributed by atoms with Gasteiger partial charge in [-0.3, -0.25) is 4.79 Å². The lowest BCUT2D eigenvalue weighted by molar-refractivity contribution is 0.112. The number of benzene rings is 1. The fraction of sp³-hybridized carbons (Fsp3) is 0.500. The molecule has 2 rings (SSSR count). The van der Waals surface area contributed by atoms with Crippen molar-refractivity contribution in [2.24, 2.45) is 0 Å². The summed E-state index contributed by atoms with van der Waals surface area (Å²) < 4.78 is 27.9. The molecule has 18 heavy (non-hydrogen) atoms. The van der Waals surface area contributed by atoms with Crippen molar-refractivity contribution in [3.05, 3.63) is 29.3 Å². The molecule has 0 spiro atoms. The van der Waals surface area contributed by atoms with Gasteiger partial charge in [0.25, 0.3) is 0 Å². The van der Waals surface area contributed by atoms with E-state index in [1.54, 1.807) is 4.90 Å². The van der Waals surface area contributed by atoms with E-state index < -0.39 is 11.6 Å².